The van der Waals surface area contributed by atoms with Crippen LogP contribution < -0.4 is 14.4 Å². The second-order valence-corrected chi connectivity index (χ2v) is 9.99. The van der Waals surface area contributed by atoms with Gasteiger partial charge >= 0.3 is 0 Å². The number of benzene rings is 2. The molecule has 1 aromatic heterocycles. The van der Waals surface area contributed by atoms with E-state index in [1.165, 1.54) is 0 Å². The van der Waals surface area contributed by atoms with Gasteiger partial charge in [-0.3, -0.25) is 4.79 Å². The number of nitrogens with zero attached hydrogens (tertiary/aromatic N) is 6. The molecule has 2 aromatic carbocycles. The third-order valence-corrected chi connectivity index (χ3v) is 7.89. The van der Waals surface area contributed by atoms with Crippen LogP contribution in [0.5, 0.6) is 11.5 Å². The highest BCUT2D eigenvalue weighted by Gasteiger charge is 2.56. The molecule has 0 aliphatic carbocycles. The molecule has 1 fully saturated rings. The van der Waals surface area contributed by atoms with Gasteiger partial charge in [0.1, 0.15) is 5.41 Å². The molecule has 34 heavy (non-hydrogen) atoms. The van der Waals surface area contributed by atoms with Gasteiger partial charge < -0.3 is 19.3 Å². The van der Waals surface area contributed by atoms with E-state index in [4.69, 9.17) is 9.47 Å². The fourth-order valence-electron chi connectivity index (χ4n) is 6.16. The second-order valence-electron chi connectivity index (χ2n) is 9.99. The Labute approximate surface area is 197 Å². The van der Waals surface area contributed by atoms with Crippen LogP contribution in [-0.2, 0) is 16.6 Å². The number of carbonyl (C=O) groups excluding carboxylic acids is 1. The molecule has 4 aliphatic rings. The van der Waals surface area contributed by atoms with Crippen LogP contribution in [0.15, 0.2) is 36.4 Å². The van der Waals surface area contributed by atoms with Crippen molar-refractivity contribution in [2.24, 2.45) is 5.92 Å². The van der Waals surface area contributed by atoms with Gasteiger partial charge in [0.05, 0.1) is 5.69 Å². The lowest BCUT2D eigenvalue weighted by atomic mass is 9.70. The summed E-state index contributed by atoms with van der Waals surface area (Å²) in [6, 6.07) is 12.5. The summed E-state index contributed by atoms with van der Waals surface area (Å²) in [6.45, 7) is 7.45. The fraction of sp³-hybridized carbons (Fsp3) is 0.440. The Balaban J connectivity index is 1.37. The molecule has 0 bridgehead atoms. The molecule has 0 radical (unpaired) electrons. The Morgan fingerprint density at radius 3 is 2.76 bits per heavy atom. The predicted octanol–water partition coefficient (Wildman–Crippen LogP) is 2.31. The molecule has 1 amide bonds. The molecule has 7 rings (SSSR count). The van der Waals surface area contributed by atoms with E-state index in [2.05, 4.69) is 46.4 Å². The Kier molecular flexibility index (Phi) is 4.12. The van der Waals surface area contributed by atoms with Gasteiger partial charge in [-0.05, 0) is 60.9 Å². The number of anilines is 1. The normalized spacial score (nSPS) is 24.7. The van der Waals surface area contributed by atoms with Gasteiger partial charge in [-0.1, -0.05) is 18.2 Å². The summed E-state index contributed by atoms with van der Waals surface area (Å²) < 4.78 is 13.1. The number of tetrazole rings is 1. The minimum atomic E-state index is -0.895. The van der Waals surface area contributed by atoms with Gasteiger partial charge in [-0.25, -0.2) is 0 Å². The highest BCUT2D eigenvalue weighted by molar-refractivity contribution is 6.11. The number of para-hydroxylation sites is 1. The first-order chi connectivity index (χ1) is 16.6. The molecule has 174 valence electrons. The predicted molar refractivity (Wildman–Crippen MR) is 123 cm³/mol. The summed E-state index contributed by atoms with van der Waals surface area (Å²) >= 11 is 0. The molecule has 0 N–H and O–H groups in total. The zero-order valence-electron chi connectivity index (χ0n) is 19.3. The average Bonchev–Trinajstić information content (AvgIpc) is 3.62. The average molecular weight is 459 g/mol. The van der Waals surface area contributed by atoms with Crippen molar-refractivity contribution < 1.29 is 14.3 Å². The van der Waals surface area contributed by atoms with Crippen LogP contribution in [0.2, 0.25) is 0 Å². The molecule has 3 aromatic rings. The third kappa shape index (κ3) is 2.58. The molecule has 9 nitrogen and oxygen atoms in total. The first-order valence-electron chi connectivity index (χ1n) is 11.9. The molecule has 1 saturated heterocycles. The van der Waals surface area contributed by atoms with Gasteiger partial charge in [0, 0.05) is 42.9 Å². The monoisotopic (exact) mass is 458 g/mol. The lowest BCUT2D eigenvalue weighted by Crippen LogP contribution is -2.47. The number of likely N-dealkylation sites (tertiary alicyclic amines) is 1. The number of fused-ring (bicyclic) bond motifs is 7. The molecule has 5 heterocycles. The Morgan fingerprint density at radius 2 is 1.94 bits per heavy atom. The topological polar surface area (TPSA) is 85.6 Å². The molecular formula is C25H26N6O3. The summed E-state index contributed by atoms with van der Waals surface area (Å²) in [6.07, 6.45) is 1.51. The van der Waals surface area contributed by atoms with Crippen molar-refractivity contribution in [1.82, 2.24) is 25.1 Å². The number of rotatable bonds is 3. The molecule has 2 unspecified atom stereocenters. The molecular weight excluding hydrogens is 432 g/mol. The zero-order valence-corrected chi connectivity index (χ0v) is 19.3. The molecule has 9 heteroatoms. The van der Waals surface area contributed by atoms with Gasteiger partial charge in [0.25, 0.3) is 0 Å². The quantitative estimate of drug-likeness (QED) is 0.595. The van der Waals surface area contributed by atoms with E-state index < -0.39 is 5.41 Å². The SMILES string of the molecule is CC(C)N1CCC(CN2C(=O)C3(Cc4nnnn4-c4cc5c(cc43)OCO5)c3ccccc32)C1. The molecule has 2 atom stereocenters. The van der Waals surface area contributed by atoms with Crippen molar-refractivity contribution in [3.63, 3.8) is 0 Å². The third-order valence-electron chi connectivity index (χ3n) is 7.89. The summed E-state index contributed by atoms with van der Waals surface area (Å²) in [5.41, 5.74) is 2.74. The number of carbonyl (C=O) groups is 1. The lowest BCUT2D eigenvalue weighted by Gasteiger charge is -2.34. The fourth-order valence-corrected chi connectivity index (χ4v) is 6.16. The number of hydrogen-bond donors (Lipinski definition) is 0. The molecule has 1 spiro atoms. The standard InChI is InChI=1S/C25H26N6O3/c1-15(2)29-8-7-16(12-29)13-30-19-6-4-3-5-17(19)25(24(30)32)11-23-26-27-28-31(23)20-10-22-21(9-18(20)25)33-14-34-22/h3-6,9-10,15-16H,7-8,11-14H2,1-2H3. The minimum absolute atomic E-state index is 0.0889. The summed E-state index contributed by atoms with van der Waals surface area (Å²) in [5, 5.41) is 12.4. The van der Waals surface area contributed by atoms with Crippen molar-refractivity contribution in [1.29, 1.82) is 0 Å². The van der Waals surface area contributed by atoms with E-state index in [0.29, 0.717) is 42.2 Å². The van der Waals surface area contributed by atoms with Crippen molar-refractivity contribution >= 4 is 11.6 Å². The number of amides is 1. The van der Waals surface area contributed by atoms with Gasteiger partial charge in [-0.15, -0.1) is 5.10 Å². The smallest absolute Gasteiger partial charge is 0.242 e. The Hall–Kier alpha value is -3.46. The Morgan fingerprint density at radius 1 is 1.12 bits per heavy atom. The largest absolute Gasteiger partial charge is 0.454 e. The van der Waals surface area contributed by atoms with E-state index in [1.807, 2.05) is 29.2 Å². The number of hydrogen-bond acceptors (Lipinski definition) is 7. The second kappa shape index (κ2) is 7.02. The highest BCUT2D eigenvalue weighted by Crippen LogP contribution is 2.53. The first kappa shape index (κ1) is 20.0. The van der Waals surface area contributed by atoms with Crippen LogP contribution in [0.4, 0.5) is 5.69 Å². The highest BCUT2D eigenvalue weighted by atomic mass is 16.7. The van der Waals surface area contributed by atoms with Crippen LogP contribution in [0, 0.1) is 5.92 Å². The van der Waals surface area contributed by atoms with Gasteiger partial charge in [0.15, 0.2) is 17.3 Å². The van der Waals surface area contributed by atoms with Crippen LogP contribution >= 0.6 is 0 Å². The van der Waals surface area contributed by atoms with E-state index >= 15 is 0 Å². The van der Waals surface area contributed by atoms with Gasteiger partial charge in [0.2, 0.25) is 12.7 Å². The Bertz CT molecular complexity index is 1320. The summed E-state index contributed by atoms with van der Waals surface area (Å²) in [5.74, 6) is 2.50. The maximum atomic E-state index is 14.5. The van der Waals surface area contributed by atoms with Crippen molar-refractivity contribution in [3.05, 3.63) is 53.3 Å². The van der Waals surface area contributed by atoms with Crippen molar-refractivity contribution in [2.45, 2.75) is 38.1 Å². The summed E-state index contributed by atoms with van der Waals surface area (Å²) in [7, 11) is 0. The van der Waals surface area contributed by atoms with E-state index in [1.54, 1.807) is 4.68 Å². The number of ether oxygens (including phenoxy) is 2. The lowest BCUT2D eigenvalue weighted by molar-refractivity contribution is -0.122. The van der Waals surface area contributed by atoms with Crippen LogP contribution in [0.1, 0.15) is 37.2 Å². The molecule has 4 aliphatic heterocycles. The number of aromatic nitrogens is 4. The van der Waals surface area contributed by atoms with Crippen molar-refractivity contribution in [3.8, 4) is 17.2 Å². The summed E-state index contributed by atoms with van der Waals surface area (Å²) in [4.78, 5) is 19.0. The van der Waals surface area contributed by atoms with E-state index in [-0.39, 0.29) is 12.7 Å². The maximum absolute atomic E-state index is 14.5. The van der Waals surface area contributed by atoms with Crippen molar-refractivity contribution in [2.75, 3.05) is 31.3 Å². The first-order valence-corrected chi connectivity index (χ1v) is 11.9. The van der Waals surface area contributed by atoms with Crippen LogP contribution in [0.3, 0.4) is 0 Å². The minimum Gasteiger partial charge on any atom is -0.454 e. The maximum Gasteiger partial charge on any atom is 0.242 e. The van der Waals surface area contributed by atoms with Crippen LogP contribution in [0.25, 0.3) is 5.69 Å². The molecule has 0 saturated carbocycles. The van der Waals surface area contributed by atoms with Gasteiger partial charge in [-0.2, -0.15) is 4.68 Å². The van der Waals surface area contributed by atoms with E-state index in [0.717, 1.165) is 42.0 Å². The zero-order chi connectivity index (χ0) is 23.0. The van der Waals surface area contributed by atoms with Crippen LogP contribution in [-0.4, -0.2) is 63.5 Å². The van der Waals surface area contributed by atoms with E-state index in [9.17, 15) is 4.79 Å².